The van der Waals surface area contributed by atoms with Gasteiger partial charge in [-0.3, -0.25) is 9.59 Å². The Morgan fingerprint density at radius 1 is 1.19 bits per heavy atom. The molecule has 2 atom stereocenters. The molecule has 1 aromatic carbocycles. The summed E-state index contributed by atoms with van der Waals surface area (Å²) in [7, 11) is 1.61. The number of benzene rings is 1. The minimum absolute atomic E-state index is 0.0221. The topological polar surface area (TPSA) is 75.6 Å². The van der Waals surface area contributed by atoms with Crippen LogP contribution in [0, 0.1) is 0 Å². The number of carbonyl (C=O) groups excluding carboxylic acids is 1. The average molecular weight is 293 g/mol. The van der Waals surface area contributed by atoms with Gasteiger partial charge in [0.25, 0.3) is 0 Å². The van der Waals surface area contributed by atoms with Gasteiger partial charge in [0, 0.05) is 20.0 Å². The summed E-state index contributed by atoms with van der Waals surface area (Å²) in [6.07, 6.45) is 1.44. The first-order valence-corrected chi connectivity index (χ1v) is 7.11. The van der Waals surface area contributed by atoms with Crippen LogP contribution in [0.5, 0.6) is 0 Å². The first kappa shape index (κ1) is 17.2. The van der Waals surface area contributed by atoms with Gasteiger partial charge in [0.05, 0.1) is 12.1 Å². The Morgan fingerprint density at radius 3 is 2.43 bits per heavy atom. The van der Waals surface area contributed by atoms with E-state index < -0.39 is 5.97 Å². The summed E-state index contributed by atoms with van der Waals surface area (Å²) >= 11 is 0. The van der Waals surface area contributed by atoms with Crippen LogP contribution in [0.15, 0.2) is 30.3 Å². The third-order valence-electron chi connectivity index (χ3n) is 3.36. The van der Waals surface area contributed by atoms with E-state index in [-0.39, 0.29) is 24.5 Å². The predicted molar refractivity (Wildman–Crippen MR) is 79.9 cm³/mol. The van der Waals surface area contributed by atoms with Crippen molar-refractivity contribution in [1.29, 1.82) is 0 Å². The Morgan fingerprint density at radius 2 is 1.86 bits per heavy atom. The fraction of sp³-hybridized carbons (Fsp3) is 0.500. The lowest BCUT2D eigenvalue weighted by Gasteiger charge is -2.19. The Bertz CT molecular complexity index is 447. The first-order valence-electron chi connectivity index (χ1n) is 7.11. The maximum atomic E-state index is 12.0. The molecular weight excluding hydrogens is 270 g/mol. The van der Waals surface area contributed by atoms with Gasteiger partial charge >= 0.3 is 5.97 Å². The standard InChI is InChI=1S/C16H23NO4/c1-12(21-2)8-10-15(18)17-14(9-11-16(19)20)13-6-4-3-5-7-13/h3-7,12,14H,8-11H2,1-2H3,(H,17,18)(H,19,20). The molecule has 1 amide bonds. The summed E-state index contributed by atoms with van der Waals surface area (Å²) < 4.78 is 5.11. The van der Waals surface area contributed by atoms with Gasteiger partial charge in [0.1, 0.15) is 0 Å². The van der Waals surface area contributed by atoms with E-state index in [0.29, 0.717) is 19.3 Å². The average Bonchev–Trinajstić information content (AvgIpc) is 2.49. The van der Waals surface area contributed by atoms with E-state index in [1.807, 2.05) is 37.3 Å². The smallest absolute Gasteiger partial charge is 0.303 e. The predicted octanol–water partition coefficient (Wildman–Crippen LogP) is 2.52. The molecule has 0 aliphatic rings. The molecule has 0 saturated carbocycles. The summed E-state index contributed by atoms with van der Waals surface area (Å²) in [5.74, 6) is -0.948. The van der Waals surface area contributed by atoms with Crippen LogP contribution in [0.4, 0.5) is 0 Å². The summed E-state index contributed by atoms with van der Waals surface area (Å²) in [5.41, 5.74) is 0.923. The minimum Gasteiger partial charge on any atom is -0.481 e. The zero-order valence-corrected chi connectivity index (χ0v) is 12.5. The molecule has 0 aliphatic heterocycles. The lowest BCUT2D eigenvalue weighted by atomic mass is 10.0. The Balaban J connectivity index is 2.60. The van der Waals surface area contributed by atoms with E-state index in [1.54, 1.807) is 7.11 Å². The SMILES string of the molecule is COC(C)CCC(=O)NC(CCC(=O)O)c1ccccc1. The van der Waals surface area contributed by atoms with Gasteiger partial charge in [-0.2, -0.15) is 0 Å². The van der Waals surface area contributed by atoms with E-state index in [1.165, 1.54) is 0 Å². The number of carboxylic acid groups (broad SMARTS) is 1. The van der Waals surface area contributed by atoms with Crippen LogP contribution in [0.3, 0.4) is 0 Å². The number of rotatable bonds is 9. The molecular formula is C16H23NO4. The molecule has 2 N–H and O–H groups in total. The van der Waals surface area contributed by atoms with Crippen LogP contribution >= 0.6 is 0 Å². The summed E-state index contributed by atoms with van der Waals surface area (Å²) in [4.78, 5) is 22.7. The molecule has 0 heterocycles. The van der Waals surface area contributed by atoms with E-state index in [4.69, 9.17) is 9.84 Å². The fourth-order valence-corrected chi connectivity index (χ4v) is 1.99. The highest BCUT2D eigenvalue weighted by molar-refractivity contribution is 5.76. The third-order valence-corrected chi connectivity index (χ3v) is 3.36. The number of nitrogens with one attached hydrogen (secondary N) is 1. The Hall–Kier alpha value is -1.88. The molecule has 5 heteroatoms. The van der Waals surface area contributed by atoms with E-state index in [0.717, 1.165) is 5.56 Å². The number of hydrogen-bond donors (Lipinski definition) is 2. The van der Waals surface area contributed by atoms with Crippen molar-refractivity contribution < 1.29 is 19.4 Å². The van der Waals surface area contributed by atoms with Gasteiger partial charge in [-0.25, -0.2) is 0 Å². The molecule has 0 saturated heterocycles. The first-order chi connectivity index (χ1) is 10.0. The number of amides is 1. The van der Waals surface area contributed by atoms with Crippen molar-refractivity contribution in [2.45, 2.75) is 44.8 Å². The molecule has 0 aliphatic carbocycles. The molecule has 0 bridgehead atoms. The van der Waals surface area contributed by atoms with Crippen LogP contribution in [-0.2, 0) is 14.3 Å². The van der Waals surface area contributed by atoms with Gasteiger partial charge in [-0.05, 0) is 25.3 Å². The molecule has 0 aromatic heterocycles. The van der Waals surface area contributed by atoms with Crippen LogP contribution in [-0.4, -0.2) is 30.2 Å². The van der Waals surface area contributed by atoms with Crippen molar-refractivity contribution in [2.24, 2.45) is 0 Å². The van der Waals surface area contributed by atoms with E-state index >= 15 is 0 Å². The van der Waals surface area contributed by atoms with Gasteiger partial charge in [0.2, 0.25) is 5.91 Å². The van der Waals surface area contributed by atoms with E-state index in [2.05, 4.69) is 5.32 Å². The third kappa shape index (κ3) is 6.90. The number of aliphatic carboxylic acids is 1. The maximum Gasteiger partial charge on any atom is 0.303 e. The molecule has 1 rings (SSSR count). The van der Waals surface area contributed by atoms with Crippen molar-refractivity contribution in [3.05, 3.63) is 35.9 Å². The Kier molecular flexibility index (Phi) is 7.46. The number of ether oxygens (including phenoxy) is 1. The summed E-state index contributed by atoms with van der Waals surface area (Å²) in [6, 6.07) is 9.16. The molecule has 0 fully saturated rings. The second-order valence-corrected chi connectivity index (χ2v) is 5.05. The largest absolute Gasteiger partial charge is 0.481 e. The van der Waals surface area contributed by atoms with E-state index in [9.17, 15) is 9.59 Å². The van der Waals surface area contributed by atoms with Crippen molar-refractivity contribution in [1.82, 2.24) is 5.32 Å². The van der Waals surface area contributed by atoms with Crippen molar-refractivity contribution >= 4 is 11.9 Å². The van der Waals surface area contributed by atoms with Crippen LogP contribution < -0.4 is 5.32 Å². The summed E-state index contributed by atoms with van der Waals surface area (Å²) in [6.45, 7) is 1.91. The molecule has 21 heavy (non-hydrogen) atoms. The normalized spacial score (nSPS) is 13.4. The number of methoxy groups -OCH3 is 1. The van der Waals surface area contributed by atoms with Gasteiger partial charge < -0.3 is 15.2 Å². The van der Waals surface area contributed by atoms with Crippen LogP contribution in [0.25, 0.3) is 0 Å². The molecule has 0 radical (unpaired) electrons. The number of hydrogen-bond acceptors (Lipinski definition) is 3. The van der Waals surface area contributed by atoms with Crippen LogP contribution in [0.1, 0.15) is 44.2 Å². The molecule has 2 unspecified atom stereocenters. The fourth-order valence-electron chi connectivity index (χ4n) is 1.99. The molecule has 5 nitrogen and oxygen atoms in total. The number of carboxylic acids is 1. The van der Waals surface area contributed by atoms with Crippen molar-refractivity contribution in [3.63, 3.8) is 0 Å². The van der Waals surface area contributed by atoms with Crippen molar-refractivity contribution in [2.75, 3.05) is 7.11 Å². The molecule has 1 aromatic rings. The van der Waals surface area contributed by atoms with Crippen molar-refractivity contribution in [3.8, 4) is 0 Å². The van der Waals surface area contributed by atoms with Gasteiger partial charge in [-0.15, -0.1) is 0 Å². The highest BCUT2D eigenvalue weighted by atomic mass is 16.5. The second kappa shape index (κ2) is 9.13. The monoisotopic (exact) mass is 293 g/mol. The number of carbonyl (C=O) groups is 2. The van der Waals surface area contributed by atoms with Gasteiger partial charge in [-0.1, -0.05) is 30.3 Å². The Labute approximate surface area is 125 Å². The zero-order chi connectivity index (χ0) is 15.7. The lowest BCUT2D eigenvalue weighted by molar-refractivity contribution is -0.137. The second-order valence-electron chi connectivity index (χ2n) is 5.05. The molecule has 116 valence electrons. The quantitative estimate of drug-likeness (QED) is 0.733. The lowest BCUT2D eigenvalue weighted by Crippen LogP contribution is -2.29. The zero-order valence-electron chi connectivity index (χ0n) is 12.5. The highest BCUT2D eigenvalue weighted by Crippen LogP contribution is 2.18. The highest BCUT2D eigenvalue weighted by Gasteiger charge is 2.16. The maximum absolute atomic E-state index is 12.0. The van der Waals surface area contributed by atoms with Gasteiger partial charge in [0.15, 0.2) is 0 Å². The van der Waals surface area contributed by atoms with Crippen LogP contribution in [0.2, 0.25) is 0 Å². The molecule has 0 spiro atoms. The summed E-state index contributed by atoms with van der Waals surface area (Å²) in [5, 5.41) is 11.7. The minimum atomic E-state index is -0.863.